The van der Waals surface area contributed by atoms with E-state index in [4.69, 9.17) is 19.3 Å². The highest BCUT2D eigenvalue weighted by molar-refractivity contribution is 6.40. The zero-order valence-corrected chi connectivity index (χ0v) is 15.0. The number of para-hydroxylation sites is 1. The van der Waals surface area contributed by atoms with E-state index in [0.717, 1.165) is 0 Å². The molecule has 7 heteroatoms. The summed E-state index contributed by atoms with van der Waals surface area (Å²) < 4.78 is 16.2. The number of rotatable bonds is 9. The molecule has 0 fully saturated rings. The standard InChI is InChI=1S/C20H20O7/c1-3-25-20(2,26-16-12-8-7-11-15(16)13-17(21)22)27-19(24)18(23)14-9-5-4-6-10-14/h4-12H,3,13H2,1-2H3,(H,21,22). The third-order valence-electron chi connectivity index (χ3n) is 3.52. The first-order chi connectivity index (χ1) is 12.8. The molecular weight excluding hydrogens is 352 g/mol. The largest absolute Gasteiger partial charge is 0.481 e. The van der Waals surface area contributed by atoms with Crippen LogP contribution in [0.25, 0.3) is 0 Å². The maximum atomic E-state index is 12.3. The van der Waals surface area contributed by atoms with Crippen LogP contribution in [0, 0.1) is 0 Å². The van der Waals surface area contributed by atoms with Gasteiger partial charge in [-0.2, -0.15) is 0 Å². The molecule has 7 nitrogen and oxygen atoms in total. The molecule has 0 amide bonds. The van der Waals surface area contributed by atoms with Gasteiger partial charge >= 0.3 is 17.9 Å². The summed E-state index contributed by atoms with van der Waals surface area (Å²) in [4.78, 5) is 35.5. The van der Waals surface area contributed by atoms with E-state index in [1.807, 2.05) is 0 Å². The monoisotopic (exact) mass is 372 g/mol. The lowest BCUT2D eigenvalue weighted by Crippen LogP contribution is -2.43. The van der Waals surface area contributed by atoms with Gasteiger partial charge in [-0.05, 0) is 13.0 Å². The first kappa shape index (κ1) is 20.1. The minimum atomic E-state index is -1.90. The van der Waals surface area contributed by atoms with Crippen molar-refractivity contribution in [2.24, 2.45) is 0 Å². The molecule has 1 atom stereocenters. The van der Waals surface area contributed by atoms with E-state index in [-0.39, 0.29) is 24.3 Å². The lowest BCUT2D eigenvalue weighted by Gasteiger charge is -2.29. The smallest absolute Gasteiger partial charge is 0.384 e. The van der Waals surface area contributed by atoms with Gasteiger partial charge < -0.3 is 19.3 Å². The van der Waals surface area contributed by atoms with Crippen molar-refractivity contribution in [3.05, 3.63) is 65.7 Å². The van der Waals surface area contributed by atoms with E-state index in [1.54, 1.807) is 43.3 Å². The Hall–Kier alpha value is -3.19. The average molecular weight is 372 g/mol. The summed E-state index contributed by atoms with van der Waals surface area (Å²) in [6.07, 6.45) is -0.282. The van der Waals surface area contributed by atoms with Crippen molar-refractivity contribution < 1.29 is 33.7 Å². The van der Waals surface area contributed by atoms with Gasteiger partial charge in [0.05, 0.1) is 13.0 Å². The summed E-state index contributed by atoms with van der Waals surface area (Å²) in [5, 5.41) is 9.02. The first-order valence-electron chi connectivity index (χ1n) is 8.30. The molecule has 2 rings (SSSR count). The van der Waals surface area contributed by atoms with Crippen LogP contribution in [0.2, 0.25) is 0 Å². The van der Waals surface area contributed by atoms with Crippen molar-refractivity contribution in [1.82, 2.24) is 0 Å². The number of benzene rings is 2. The SMILES string of the molecule is CCOC(C)(OC(=O)C(=O)c1ccccc1)Oc1ccccc1CC(=O)O. The van der Waals surface area contributed by atoms with E-state index >= 15 is 0 Å². The maximum absolute atomic E-state index is 12.3. The van der Waals surface area contributed by atoms with Crippen molar-refractivity contribution in [3.63, 3.8) is 0 Å². The van der Waals surface area contributed by atoms with Gasteiger partial charge in [0.1, 0.15) is 5.75 Å². The van der Waals surface area contributed by atoms with Gasteiger partial charge in [0.25, 0.3) is 5.78 Å². The van der Waals surface area contributed by atoms with E-state index < -0.39 is 23.7 Å². The van der Waals surface area contributed by atoms with Crippen molar-refractivity contribution >= 4 is 17.7 Å². The summed E-state index contributed by atoms with van der Waals surface area (Å²) in [7, 11) is 0. The first-order valence-corrected chi connectivity index (χ1v) is 8.30. The molecule has 2 aromatic carbocycles. The fourth-order valence-electron chi connectivity index (χ4n) is 2.38. The average Bonchev–Trinajstić information content (AvgIpc) is 2.63. The molecule has 2 aromatic rings. The number of Topliss-reactive ketones (excluding diaryl/α,β-unsaturated/α-hetero) is 1. The van der Waals surface area contributed by atoms with Crippen LogP contribution < -0.4 is 4.74 Å². The molecule has 0 radical (unpaired) electrons. The van der Waals surface area contributed by atoms with Gasteiger partial charge in [-0.3, -0.25) is 9.59 Å². The van der Waals surface area contributed by atoms with Crippen molar-refractivity contribution in [2.75, 3.05) is 6.61 Å². The molecule has 0 saturated carbocycles. The van der Waals surface area contributed by atoms with Crippen LogP contribution in [-0.2, 0) is 25.5 Å². The van der Waals surface area contributed by atoms with E-state index in [9.17, 15) is 14.4 Å². The number of carboxylic acid groups (broad SMARTS) is 1. The maximum Gasteiger partial charge on any atom is 0.384 e. The second kappa shape index (κ2) is 8.95. The minimum Gasteiger partial charge on any atom is -0.481 e. The van der Waals surface area contributed by atoms with Crippen LogP contribution >= 0.6 is 0 Å². The van der Waals surface area contributed by atoms with Crippen molar-refractivity contribution in [2.45, 2.75) is 26.2 Å². The molecule has 0 bridgehead atoms. The number of aliphatic carboxylic acids is 1. The number of carbonyl (C=O) groups is 3. The normalized spacial score (nSPS) is 12.7. The Morgan fingerprint density at radius 3 is 2.26 bits per heavy atom. The zero-order valence-electron chi connectivity index (χ0n) is 15.0. The molecule has 0 aliphatic heterocycles. The quantitative estimate of drug-likeness (QED) is 0.313. The number of hydrogen-bond acceptors (Lipinski definition) is 6. The number of ether oxygens (including phenoxy) is 3. The predicted octanol–water partition coefficient (Wildman–Crippen LogP) is 2.83. The van der Waals surface area contributed by atoms with Gasteiger partial charge in [-0.15, -0.1) is 0 Å². The highest BCUT2D eigenvalue weighted by atomic mass is 16.9. The number of esters is 1. The topological polar surface area (TPSA) is 99.1 Å². The van der Waals surface area contributed by atoms with Crippen molar-refractivity contribution in [3.8, 4) is 5.75 Å². The van der Waals surface area contributed by atoms with E-state index in [1.165, 1.54) is 25.1 Å². The Bertz CT molecular complexity index is 816. The fourth-order valence-corrected chi connectivity index (χ4v) is 2.38. The fraction of sp³-hybridized carbons (Fsp3) is 0.250. The third kappa shape index (κ3) is 5.65. The highest BCUT2D eigenvalue weighted by Gasteiger charge is 2.36. The molecule has 0 spiro atoms. The van der Waals surface area contributed by atoms with Crippen LogP contribution in [0.4, 0.5) is 0 Å². The molecule has 0 heterocycles. The van der Waals surface area contributed by atoms with E-state index in [2.05, 4.69) is 0 Å². The predicted molar refractivity (Wildman–Crippen MR) is 95.3 cm³/mol. The Morgan fingerprint density at radius 1 is 1.00 bits per heavy atom. The number of carbonyl (C=O) groups excluding carboxylic acids is 2. The Labute approximate surface area is 156 Å². The molecule has 0 saturated heterocycles. The second-order valence-electron chi connectivity index (χ2n) is 5.66. The second-order valence-corrected chi connectivity index (χ2v) is 5.66. The van der Waals surface area contributed by atoms with Crippen LogP contribution in [0.1, 0.15) is 29.8 Å². The van der Waals surface area contributed by atoms with Gasteiger partial charge in [-0.25, -0.2) is 4.79 Å². The summed E-state index contributed by atoms with van der Waals surface area (Å²) in [6, 6.07) is 14.4. The van der Waals surface area contributed by atoms with Gasteiger partial charge in [0.2, 0.25) is 0 Å². The molecule has 142 valence electrons. The highest BCUT2D eigenvalue weighted by Crippen LogP contribution is 2.26. The molecule has 0 aliphatic carbocycles. The van der Waals surface area contributed by atoms with E-state index in [0.29, 0.717) is 5.56 Å². The lowest BCUT2D eigenvalue weighted by molar-refractivity contribution is -0.310. The third-order valence-corrected chi connectivity index (χ3v) is 3.52. The molecular formula is C20H20O7. The lowest BCUT2D eigenvalue weighted by atomic mass is 10.1. The van der Waals surface area contributed by atoms with Crippen LogP contribution in [-0.4, -0.2) is 35.4 Å². The van der Waals surface area contributed by atoms with Gasteiger partial charge in [-0.1, -0.05) is 48.5 Å². The molecule has 1 N–H and O–H groups in total. The van der Waals surface area contributed by atoms with Crippen LogP contribution in [0.15, 0.2) is 54.6 Å². The number of hydrogen-bond donors (Lipinski definition) is 1. The molecule has 0 aromatic heterocycles. The summed E-state index contributed by atoms with van der Waals surface area (Å²) in [5.74, 6) is -4.75. The number of ketones is 1. The summed E-state index contributed by atoms with van der Waals surface area (Å²) >= 11 is 0. The summed E-state index contributed by atoms with van der Waals surface area (Å²) in [5.41, 5.74) is 0.550. The Kier molecular flexibility index (Phi) is 6.67. The Balaban J connectivity index is 2.21. The Morgan fingerprint density at radius 2 is 1.63 bits per heavy atom. The van der Waals surface area contributed by atoms with Crippen LogP contribution in [0.5, 0.6) is 5.75 Å². The van der Waals surface area contributed by atoms with Gasteiger partial charge in [0, 0.05) is 18.1 Å². The summed E-state index contributed by atoms with van der Waals surface area (Å²) in [6.45, 7) is 3.13. The van der Waals surface area contributed by atoms with Gasteiger partial charge in [0.15, 0.2) is 0 Å². The van der Waals surface area contributed by atoms with Crippen molar-refractivity contribution in [1.29, 1.82) is 0 Å². The van der Waals surface area contributed by atoms with Crippen LogP contribution in [0.3, 0.4) is 0 Å². The molecule has 27 heavy (non-hydrogen) atoms. The minimum absolute atomic E-state index is 0.129. The molecule has 1 unspecified atom stereocenters. The zero-order chi connectivity index (χ0) is 19.9. The molecule has 0 aliphatic rings. The number of carboxylic acids is 1.